The molecule has 6 heteroatoms. The van der Waals surface area contributed by atoms with Crippen molar-refractivity contribution in [2.45, 2.75) is 6.54 Å². The zero-order chi connectivity index (χ0) is 13.9. The van der Waals surface area contributed by atoms with Crippen LogP contribution in [0.1, 0.15) is 5.56 Å². The van der Waals surface area contributed by atoms with Gasteiger partial charge in [0.05, 0.1) is 5.69 Å². The van der Waals surface area contributed by atoms with Crippen LogP contribution in [0.2, 0.25) is 0 Å². The van der Waals surface area contributed by atoms with E-state index in [9.17, 15) is 4.39 Å². The van der Waals surface area contributed by atoms with E-state index in [-0.39, 0.29) is 18.2 Å². The highest BCUT2D eigenvalue weighted by Crippen LogP contribution is 2.22. The number of nitrogens with two attached hydrogens (primary N) is 1. The molecule has 1 aromatic heterocycles. The Hall–Kier alpha value is -2.24. The van der Waals surface area contributed by atoms with Gasteiger partial charge in [0, 0.05) is 12.1 Å². The van der Waals surface area contributed by atoms with Gasteiger partial charge in [-0.25, -0.2) is 14.1 Å². The fourth-order valence-corrected chi connectivity index (χ4v) is 2.11. The molecule has 3 rings (SSSR count). The van der Waals surface area contributed by atoms with E-state index in [1.807, 2.05) is 30.3 Å². The molecule has 0 aliphatic carbocycles. The van der Waals surface area contributed by atoms with Crippen LogP contribution < -0.4 is 5.73 Å². The lowest BCUT2D eigenvalue weighted by Crippen LogP contribution is -2.07. The molecule has 0 unspecified atom stereocenters. The van der Waals surface area contributed by atoms with E-state index in [1.54, 1.807) is 10.7 Å². The van der Waals surface area contributed by atoms with Crippen molar-refractivity contribution in [3.8, 4) is 17.1 Å². The molecule has 0 amide bonds. The number of hydrogen-bond donors (Lipinski definition) is 1. The Labute approximate surface area is 127 Å². The van der Waals surface area contributed by atoms with E-state index in [2.05, 4.69) is 10.1 Å². The van der Waals surface area contributed by atoms with Gasteiger partial charge in [0.15, 0.2) is 5.82 Å². The summed E-state index contributed by atoms with van der Waals surface area (Å²) in [4.78, 5) is 4.26. The van der Waals surface area contributed by atoms with Crippen LogP contribution in [0.3, 0.4) is 0 Å². The lowest BCUT2D eigenvalue weighted by Gasteiger charge is -2.10. The van der Waals surface area contributed by atoms with Gasteiger partial charge in [0.25, 0.3) is 0 Å². The van der Waals surface area contributed by atoms with Gasteiger partial charge in [0.1, 0.15) is 12.1 Å². The molecule has 0 radical (unpaired) electrons. The summed E-state index contributed by atoms with van der Waals surface area (Å²) in [5.74, 6) is 0.331. The fraction of sp³-hybridized carbons (Fsp3) is 0.0667. The van der Waals surface area contributed by atoms with E-state index in [4.69, 9.17) is 5.73 Å². The second kappa shape index (κ2) is 6.47. The largest absolute Gasteiger partial charge is 0.326 e. The third-order valence-electron chi connectivity index (χ3n) is 3.08. The number of hydrogen-bond acceptors (Lipinski definition) is 3. The van der Waals surface area contributed by atoms with Crippen molar-refractivity contribution in [2.24, 2.45) is 5.73 Å². The third-order valence-corrected chi connectivity index (χ3v) is 3.08. The minimum Gasteiger partial charge on any atom is -0.326 e. The first-order valence-corrected chi connectivity index (χ1v) is 6.24. The maximum Gasteiger partial charge on any atom is 0.163 e. The van der Waals surface area contributed by atoms with Gasteiger partial charge in [0.2, 0.25) is 0 Å². The molecule has 0 saturated heterocycles. The van der Waals surface area contributed by atoms with Crippen LogP contribution in [-0.4, -0.2) is 14.8 Å². The molecular weight excluding hydrogens is 291 g/mol. The smallest absolute Gasteiger partial charge is 0.163 e. The predicted octanol–water partition coefficient (Wildman–Crippen LogP) is 2.95. The van der Waals surface area contributed by atoms with Crippen LogP contribution in [0.15, 0.2) is 54.9 Å². The number of nitrogens with zero attached hydrogens (tertiary/aromatic N) is 3. The van der Waals surface area contributed by atoms with Crippen molar-refractivity contribution >= 4 is 12.4 Å². The molecule has 1 heterocycles. The molecule has 2 N–H and O–H groups in total. The third kappa shape index (κ3) is 2.94. The number of aromatic nitrogens is 3. The monoisotopic (exact) mass is 304 g/mol. The highest BCUT2D eigenvalue weighted by Gasteiger charge is 2.12. The normalized spacial score (nSPS) is 10.2. The number of halogens is 2. The maximum absolute atomic E-state index is 13.5. The molecular formula is C15H14ClFN4. The highest BCUT2D eigenvalue weighted by molar-refractivity contribution is 5.85. The van der Waals surface area contributed by atoms with Crippen LogP contribution >= 0.6 is 12.4 Å². The van der Waals surface area contributed by atoms with Crippen LogP contribution in [0.4, 0.5) is 4.39 Å². The highest BCUT2D eigenvalue weighted by atomic mass is 35.5. The van der Waals surface area contributed by atoms with Crippen molar-refractivity contribution < 1.29 is 4.39 Å². The molecule has 0 saturated carbocycles. The SMILES string of the molecule is Cl.NCc1ccc(F)cc1-n1ncnc1-c1ccccc1. The Morgan fingerprint density at radius 3 is 2.57 bits per heavy atom. The first-order chi connectivity index (χ1) is 9.79. The molecule has 3 aromatic rings. The van der Waals surface area contributed by atoms with Gasteiger partial charge in [-0.2, -0.15) is 5.10 Å². The van der Waals surface area contributed by atoms with Gasteiger partial charge >= 0.3 is 0 Å². The van der Waals surface area contributed by atoms with Crippen LogP contribution in [0, 0.1) is 5.82 Å². The minimum atomic E-state index is -0.327. The first kappa shape index (κ1) is 15.2. The zero-order valence-electron chi connectivity index (χ0n) is 11.1. The summed E-state index contributed by atoms with van der Waals surface area (Å²) in [5.41, 5.74) is 8.05. The zero-order valence-corrected chi connectivity index (χ0v) is 11.9. The quantitative estimate of drug-likeness (QED) is 0.809. The Kier molecular flexibility index (Phi) is 4.67. The summed E-state index contributed by atoms with van der Waals surface area (Å²) >= 11 is 0. The van der Waals surface area contributed by atoms with Gasteiger partial charge in [-0.05, 0) is 17.7 Å². The second-order valence-corrected chi connectivity index (χ2v) is 4.34. The topological polar surface area (TPSA) is 56.7 Å². The van der Waals surface area contributed by atoms with E-state index < -0.39 is 0 Å². The summed E-state index contributed by atoms with van der Waals surface area (Å²) in [6, 6.07) is 14.1. The van der Waals surface area contributed by atoms with Crippen molar-refractivity contribution in [1.82, 2.24) is 14.8 Å². The first-order valence-electron chi connectivity index (χ1n) is 6.24. The van der Waals surface area contributed by atoms with E-state index in [1.165, 1.54) is 18.5 Å². The fourth-order valence-electron chi connectivity index (χ4n) is 2.11. The summed E-state index contributed by atoms with van der Waals surface area (Å²) < 4.78 is 15.1. The average Bonchev–Trinajstić information content (AvgIpc) is 2.97. The molecule has 0 bridgehead atoms. The van der Waals surface area contributed by atoms with E-state index >= 15 is 0 Å². The maximum atomic E-state index is 13.5. The molecule has 0 atom stereocenters. The van der Waals surface area contributed by atoms with E-state index in [0.717, 1.165) is 11.1 Å². The summed E-state index contributed by atoms with van der Waals surface area (Å²) in [7, 11) is 0. The van der Waals surface area contributed by atoms with Gasteiger partial charge in [-0.3, -0.25) is 0 Å². The van der Waals surface area contributed by atoms with Crippen LogP contribution in [0.5, 0.6) is 0 Å². The summed E-state index contributed by atoms with van der Waals surface area (Å²) in [6.07, 6.45) is 1.45. The van der Waals surface area contributed by atoms with Crippen molar-refractivity contribution in [3.63, 3.8) is 0 Å². The predicted molar refractivity (Wildman–Crippen MR) is 81.9 cm³/mol. The average molecular weight is 305 g/mol. The molecule has 0 aliphatic heterocycles. The lowest BCUT2D eigenvalue weighted by molar-refractivity contribution is 0.624. The van der Waals surface area contributed by atoms with Crippen LogP contribution in [0.25, 0.3) is 17.1 Å². The van der Waals surface area contributed by atoms with Gasteiger partial charge in [-0.15, -0.1) is 12.4 Å². The number of rotatable bonds is 3. The van der Waals surface area contributed by atoms with Gasteiger partial charge in [-0.1, -0.05) is 36.4 Å². The Balaban J connectivity index is 0.00000161. The molecule has 108 valence electrons. The molecule has 21 heavy (non-hydrogen) atoms. The number of benzene rings is 2. The molecule has 4 nitrogen and oxygen atoms in total. The van der Waals surface area contributed by atoms with Gasteiger partial charge < -0.3 is 5.73 Å². The minimum absolute atomic E-state index is 0. The molecule has 0 fully saturated rings. The molecule has 0 spiro atoms. The second-order valence-electron chi connectivity index (χ2n) is 4.34. The standard InChI is InChI=1S/C15H13FN4.ClH/c16-13-7-6-12(9-17)14(8-13)20-15(18-10-19-20)11-4-2-1-3-5-11;/h1-8,10H,9,17H2;1H. The Bertz CT molecular complexity index is 728. The molecule has 2 aromatic carbocycles. The van der Waals surface area contributed by atoms with Crippen molar-refractivity contribution in [1.29, 1.82) is 0 Å². The van der Waals surface area contributed by atoms with E-state index in [0.29, 0.717) is 18.1 Å². The molecule has 0 aliphatic rings. The lowest BCUT2D eigenvalue weighted by atomic mass is 10.1. The Morgan fingerprint density at radius 1 is 1.10 bits per heavy atom. The Morgan fingerprint density at radius 2 is 1.86 bits per heavy atom. The van der Waals surface area contributed by atoms with Crippen molar-refractivity contribution in [3.05, 3.63) is 66.2 Å². The van der Waals surface area contributed by atoms with Crippen LogP contribution in [-0.2, 0) is 6.54 Å². The summed E-state index contributed by atoms with van der Waals surface area (Å²) in [6.45, 7) is 0.309. The van der Waals surface area contributed by atoms with Crippen molar-refractivity contribution in [2.75, 3.05) is 0 Å². The summed E-state index contributed by atoms with van der Waals surface area (Å²) in [5, 5.41) is 4.20.